The number of hydrogen-bond acceptors (Lipinski definition) is 6. The SMILES string of the molecule is CC(C)O[C@H](C)C(NC(=O)Nc1[nH]c(=O)nc2nc[nH]c12)C(=O)O. The van der Waals surface area contributed by atoms with E-state index in [4.69, 9.17) is 4.74 Å². The number of carbonyl (C=O) groups is 2. The van der Waals surface area contributed by atoms with Crippen LogP contribution in [0.15, 0.2) is 11.1 Å². The Morgan fingerprint density at radius 1 is 1.33 bits per heavy atom. The summed E-state index contributed by atoms with van der Waals surface area (Å²) in [5.41, 5.74) is -0.264. The maximum atomic E-state index is 12.1. The molecule has 0 saturated carbocycles. The van der Waals surface area contributed by atoms with Crippen molar-refractivity contribution in [2.75, 3.05) is 5.32 Å². The van der Waals surface area contributed by atoms with Crippen molar-refractivity contribution < 1.29 is 19.4 Å². The highest BCUT2D eigenvalue weighted by atomic mass is 16.5. The Morgan fingerprint density at radius 3 is 2.67 bits per heavy atom. The van der Waals surface area contributed by atoms with Crippen LogP contribution in [0, 0.1) is 0 Å². The van der Waals surface area contributed by atoms with Crippen molar-refractivity contribution >= 4 is 29.0 Å². The molecule has 1 unspecified atom stereocenters. The van der Waals surface area contributed by atoms with Gasteiger partial charge in [-0.1, -0.05) is 0 Å². The first-order chi connectivity index (χ1) is 11.3. The van der Waals surface area contributed by atoms with Crippen molar-refractivity contribution in [1.82, 2.24) is 25.3 Å². The lowest BCUT2D eigenvalue weighted by molar-refractivity contribution is -0.143. The molecule has 0 spiro atoms. The van der Waals surface area contributed by atoms with E-state index >= 15 is 0 Å². The molecule has 0 radical (unpaired) electrons. The number of ether oxygens (including phenoxy) is 1. The molecule has 0 fully saturated rings. The molecule has 2 aromatic heterocycles. The van der Waals surface area contributed by atoms with Gasteiger partial charge in [0, 0.05) is 0 Å². The van der Waals surface area contributed by atoms with Gasteiger partial charge in [0.2, 0.25) is 0 Å². The molecule has 11 heteroatoms. The van der Waals surface area contributed by atoms with Crippen LogP contribution in [0.2, 0.25) is 0 Å². The number of carboxylic acid groups (broad SMARTS) is 1. The smallest absolute Gasteiger partial charge is 0.348 e. The first-order valence-corrected chi connectivity index (χ1v) is 7.17. The van der Waals surface area contributed by atoms with E-state index in [0.717, 1.165) is 0 Å². The van der Waals surface area contributed by atoms with E-state index < -0.39 is 29.8 Å². The maximum absolute atomic E-state index is 12.1. The van der Waals surface area contributed by atoms with Crippen molar-refractivity contribution in [2.45, 2.75) is 39.0 Å². The number of aliphatic carboxylic acids is 1. The average molecular weight is 338 g/mol. The number of aromatic nitrogens is 4. The van der Waals surface area contributed by atoms with E-state index in [2.05, 4.69) is 30.6 Å². The molecule has 2 heterocycles. The van der Waals surface area contributed by atoms with E-state index in [1.54, 1.807) is 20.8 Å². The van der Waals surface area contributed by atoms with Crippen LogP contribution in [0.5, 0.6) is 0 Å². The number of carboxylic acids is 1. The molecule has 130 valence electrons. The molecule has 0 saturated heterocycles. The summed E-state index contributed by atoms with van der Waals surface area (Å²) in [6.45, 7) is 5.05. The molecule has 24 heavy (non-hydrogen) atoms. The third-order valence-corrected chi connectivity index (χ3v) is 3.06. The molecule has 0 aliphatic rings. The second-order valence-corrected chi connectivity index (χ2v) is 5.32. The Hall–Kier alpha value is -2.95. The summed E-state index contributed by atoms with van der Waals surface area (Å²) in [7, 11) is 0. The fraction of sp³-hybridized carbons (Fsp3) is 0.462. The van der Waals surface area contributed by atoms with Crippen LogP contribution in [0.25, 0.3) is 11.2 Å². The Morgan fingerprint density at radius 2 is 2.04 bits per heavy atom. The number of nitrogens with one attached hydrogen (secondary N) is 4. The van der Waals surface area contributed by atoms with Crippen LogP contribution in [-0.4, -0.2) is 55.3 Å². The first kappa shape index (κ1) is 17.4. The second-order valence-electron chi connectivity index (χ2n) is 5.32. The summed E-state index contributed by atoms with van der Waals surface area (Å²) in [5.74, 6) is -1.21. The Labute approximate surface area is 135 Å². The standard InChI is InChI=1S/C13H18N6O5/c1-5(2)24-6(3)7(11(20)21)16-12(22)18-10-8-9(15-4-14-8)17-13(23)19-10/h4-7H,1-3H3,(H,20,21)(H4,14,15,16,17,18,19,22,23)/t6-,7?/m1/s1. The van der Waals surface area contributed by atoms with Crippen molar-refractivity contribution in [1.29, 1.82) is 0 Å². The molecule has 11 nitrogen and oxygen atoms in total. The number of imidazole rings is 1. The Kier molecular flexibility index (Phi) is 5.14. The van der Waals surface area contributed by atoms with E-state index in [1.807, 2.05) is 0 Å². The molecule has 0 aromatic carbocycles. The Balaban J connectivity index is 2.14. The van der Waals surface area contributed by atoms with Crippen molar-refractivity contribution in [3.8, 4) is 0 Å². The van der Waals surface area contributed by atoms with Gasteiger partial charge in [0.1, 0.15) is 11.3 Å². The van der Waals surface area contributed by atoms with Gasteiger partial charge < -0.3 is 20.1 Å². The summed E-state index contributed by atoms with van der Waals surface area (Å²) in [6, 6.07) is -2.09. The summed E-state index contributed by atoms with van der Waals surface area (Å²) in [5, 5.41) is 13.9. The number of amides is 2. The van der Waals surface area contributed by atoms with Crippen LogP contribution in [-0.2, 0) is 9.53 Å². The van der Waals surface area contributed by atoms with E-state index in [9.17, 15) is 19.5 Å². The quantitative estimate of drug-likeness (QED) is 0.496. The predicted octanol–water partition coefficient (Wildman–Crippen LogP) is 0.0344. The average Bonchev–Trinajstić information content (AvgIpc) is 2.91. The fourth-order valence-corrected chi connectivity index (χ4v) is 2.12. The van der Waals surface area contributed by atoms with Gasteiger partial charge >= 0.3 is 17.7 Å². The third kappa shape index (κ3) is 4.07. The van der Waals surface area contributed by atoms with Gasteiger partial charge in [-0.3, -0.25) is 10.3 Å². The predicted molar refractivity (Wildman–Crippen MR) is 83.8 cm³/mol. The van der Waals surface area contributed by atoms with Crippen LogP contribution in [0.3, 0.4) is 0 Å². The molecular weight excluding hydrogens is 320 g/mol. The van der Waals surface area contributed by atoms with E-state index in [-0.39, 0.29) is 17.6 Å². The van der Waals surface area contributed by atoms with E-state index in [1.165, 1.54) is 6.33 Å². The van der Waals surface area contributed by atoms with Crippen LogP contribution in [0.4, 0.5) is 10.6 Å². The lowest BCUT2D eigenvalue weighted by Crippen LogP contribution is -2.50. The van der Waals surface area contributed by atoms with E-state index in [0.29, 0.717) is 5.52 Å². The topological polar surface area (TPSA) is 162 Å². The lowest BCUT2D eigenvalue weighted by atomic mass is 10.2. The van der Waals surface area contributed by atoms with Gasteiger partial charge in [0.15, 0.2) is 11.7 Å². The number of nitrogens with zero attached hydrogens (tertiary/aromatic N) is 2. The zero-order valence-corrected chi connectivity index (χ0v) is 13.3. The zero-order chi connectivity index (χ0) is 17.9. The van der Waals surface area contributed by atoms with Gasteiger partial charge in [-0.15, -0.1) is 0 Å². The van der Waals surface area contributed by atoms with Gasteiger partial charge in [0.05, 0.1) is 18.5 Å². The molecule has 2 atom stereocenters. The third-order valence-electron chi connectivity index (χ3n) is 3.06. The fourth-order valence-electron chi connectivity index (χ4n) is 2.12. The molecule has 2 aromatic rings. The van der Waals surface area contributed by atoms with Gasteiger partial charge in [-0.2, -0.15) is 4.98 Å². The highest BCUT2D eigenvalue weighted by Crippen LogP contribution is 2.13. The van der Waals surface area contributed by atoms with Crippen molar-refractivity contribution in [3.63, 3.8) is 0 Å². The minimum absolute atomic E-state index is 0.0292. The molecular formula is C13H18N6O5. The minimum atomic E-state index is -1.27. The number of carbonyl (C=O) groups excluding carboxylic acids is 1. The Bertz CT molecular complexity index is 797. The highest BCUT2D eigenvalue weighted by Gasteiger charge is 2.28. The number of urea groups is 1. The van der Waals surface area contributed by atoms with Crippen LogP contribution < -0.4 is 16.3 Å². The molecule has 0 aliphatic heterocycles. The molecule has 0 bridgehead atoms. The lowest BCUT2D eigenvalue weighted by Gasteiger charge is -2.23. The second kappa shape index (κ2) is 7.08. The molecule has 2 rings (SSSR count). The summed E-state index contributed by atoms with van der Waals surface area (Å²) >= 11 is 0. The summed E-state index contributed by atoms with van der Waals surface area (Å²) < 4.78 is 5.39. The van der Waals surface area contributed by atoms with Crippen LogP contribution in [0.1, 0.15) is 20.8 Å². The van der Waals surface area contributed by atoms with Gasteiger partial charge in [-0.25, -0.2) is 19.4 Å². The summed E-state index contributed by atoms with van der Waals surface area (Å²) in [6.07, 6.45) is 0.358. The first-order valence-electron chi connectivity index (χ1n) is 7.17. The molecule has 0 aliphatic carbocycles. The number of fused-ring (bicyclic) bond motifs is 1. The van der Waals surface area contributed by atoms with Crippen molar-refractivity contribution in [3.05, 3.63) is 16.8 Å². The number of rotatable bonds is 6. The maximum Gasteiger partial charge on any atom is 0.348 e. The summed E-state index contributed by atoms with van der Waals surface area (Å²) in [4.78, 5) is 47.3. The van der Waals surface area contributed by atoms with Gasteiger partial charge in [-0.05, 0) is 20.8 Å². The number of anilines is 1. The van der Waals surface area contributed by atoms with Gasteiger partial charge in [0.25, 0.3) is 0 Å². The zero-order valence-electron chi connectivity index (χ0n) is 13.3. The molecule has 5 N–H and O–H groups in total. The monoisotopic (exact) mass is 338 g/mol. The number of hydrogen-bond donors (Lipinski definition) is 5. The normalized spacial score (nSPS) is 13.7. The molecule has 2 amide bonds. The minimum Gasteiger partial charge on any atom is -0.480 e. The number of H-pyrrole nitrogens is 2. The largest absolute Gasteiger partial charge is 0.480 e. The van der Waals surface area contributed by atoms with Crippen LogP contribution >= 0.6 is 0 Å². The number of aromatic amines is 2. The highest BCUT2D eigenvalue weighted by molar-refractivity contribution is 5.97. The van der Waals surface area contributed by atoms with Crippen molar-refractivity contribution in [2.24, 2.45) is 0 Å².